The van der Waals surface area contributed by atoms with Gasteiger partial charge in [0.15, 0.2) is 0 Å². The van der Waals surface area contributed by atoms with Gasteiger partial charge in [0.05, 0.1) is 18.1 Å². The standard InChI is InChI=1S/C17H23NO3/c1-12-14(7-10-21-12)16(20)18-11-17(8-9-17)15(19)13-5-3-2-4-6-13/h2-6,12,14-15,19H,7-11H2,1H3,(H,18,20). The molecule has 0 bridgehead atoms. The SMILES string of the molecule is CC1OCCC1C(=O)NCC1(C(O)c2ccccc2)CC1. The number of aliphatic hydroxyl groups excluding tert-OH is 1. The Hall–Kier alpha value is -1.39. The van der Waals surface area contributed by atoms with Crippen molar-refractivity contribution in [3.05, 3.63) is 35.9 Å². The van der Waals surface area contributed by atoms with E-state index < -0.39 is 6.10 Å². The van der Waals surface area contributed by atoms with Gasteiger partial charge in [-0.1, -0.05) is 30.3 Å². The summed E-state index contributed by atoms with van der Waals surface area (Å²) in [5, 5.41) is 13.6. The molecule has 1 heterocycles. The highest BCUT2D eigenvalue weighted by Crippen LogP contribution is 2.54. The number of carbonyl (C=O) groups excluding carboxylic acids is 1. The molecule has 2 aliphatic rings. The molecule has 0 aromatic heterocycles. The zero-order valence-electron chi connectivity index (χ0n) is 12.4. The van der Waals surface area contributed by atoms with Gasteiger partial charge >= 0.3 is 0 Å². The van der Waals surface area contributed by atoms with E-state index in [2.05, 4.69) is 5.32 Å². The maximum absolute atomic E-state index is 12.2. The molecule has 1 aromatic carbocycles. The Morgan fingerprint density at radius 3 is 2.71 bits per heavy atom. The molecule has 1 saturated carbocycles. The van der Waals surface area contributed by atoms with Crippen molar-refractivity contribution in [1.82, 2.24) is 5.32 Å². The largest absolute Gasteiger partial charge is 0.388 e. The van der Waals surface area contributed by atoms with Crippen molar-refractivity contribution < 1.29 is 14.6 Å². The lowest BCUT2D eigenvalue weighted by atomic mass is 9.92. The van der Waals surface area contributed by atoms with Gasteiger partial charge < -0.3 is 15.2 Å². The summed E-state index contributed by atoms with van der Waals surface area (Å²) in [6.07, 6.45) is 2.21. The van der Waals surface area contributed by atoms with E-state index >= 15 is 0 Å². The Labute approximate surface area is 125 Å². The van der Waals surface area contributed by atoms with Crippen molar-refractivity contribution in [2.24, 2.45) is 11.3 Å². The lowest BCUT2D eigenvalue weighted by Crippen LogP contribution is -2.39. The Morgan fingerprint density at radius 2 is 2.14 bits per heavy atom. The van der Waals surface area contributed by atoms with Crippen LogP contribution in [0.4, 0.5) is 0 Å². The summed E-state index contributed by atoms with van der Waals surface area (Å²) in [6.45, 7) is 3.16. The van der Waals surface area contributed by atoms with Crippen molar-refractivity contribution in [2.75, 3.05) is 13.2 Å². The molecule has 3 rings (SSSR count). The van der Waals surface area contributed by atoms with Crippen LogP contribution in [0.15, 0.2) is 30.3 Å². The third-order valence-corrected chi connectivity index (χ3v) is 4.92. The van der Waals surface area contributed by atoms with Crippen LogP contribution in [0, 0.1) is 11.3 Å². The van der Waals surface area contributed by atoms with E-state index in [4.69, 9.17) is 4.74 Å². The van der Waals surface area contributed by atoms with Crippen LogP contribution in [-0.4, -0.2) is 30.3 Å². The summed E-state index contributed by atoms with van der Waals surface area (Å²) < 4.78 is 5.44. The molecule has 4 heteroatoms. The predicted octanol–water partition coefficient (Wildman–Crippen LogP) is 2.04. The van der Waals surface area contributed by atoms with Gasteiger partial charge in [0.2, 0.25) is 5.91 Å². The van der Waals surface area contributed by atoms with Gasteiger partial charge in [0.25, 0.3) is 0 Å². The minimum Gasteiger partial charge on any atom is -0.388 e. The fourth-order valence-electron chi connectivity index (χ4n) is 3.17. The van der Waals surface area contributed by atoms with Gasteiger partial charge in [-0.2, -0.15) is 0 Å². The highest BCUT2D eigenvalue weighted by molar-refractivity contribution is 5.79. The van der Waals surface area contributed by atoms with Gasteiger partial charge in [0.1, 0.15) is 0 Å². The Bertz CT molecular complexity index is 498. The Kier molecular flexibility index (Phi) is 4.00. The third kappa shape index (κ3) is 2.97. The summed E-state index contributed by atoms with van der Waals surface area (Å²) in [6, 6.07) is 9.70. The van der Waals surface area contributed by atoms with Crippen LogP contribution in [0.2, 0.25) is 0 Å². The molecule has 2 fully saturated rings. The van der Waals surface area contributed by atoms with Crippen molar-refractivity contribution in [1.29, 1.82) is 0 Å². The van der Waals surface area contributed by atoms with E-state index in [0.717, 1.165) is 24.8 Å². The third-order valence-electron chi connectivity index (χ3n) is 4.92. The summed E-state index contributed by atoms with van der Waals surface area (Å²) in [5.74, 6) is 0.0150. The number of benzene rings is 1. The fourth-order valence-corrected chi connectivity index (χ4v) is 3.17. The summed E-state index contributed by atoms with van der Waals surface area (Å²) in [4.78, 5) is 12.2. The lowest BCUT2D eigenvalue weighted by molar-refractivity contribution is -0.126. The van der Waals surface area contributed by atoms with Crippen LogP contribution in [0.3, 0.4) is 0 Å². The maximum atomic E-state index is 12.2. The van der Waals surface area contributed by atoms with Crippen LogP contribution in [0.25, 0.3) is 0 Å². The molecule has 3 atom stereocenters. The maximum Gasteiger partial charge on any atom is 0.225 e. The quantitative estimate of drug-likeness (QED) is 0.872. The number of carbonyl (C=O) groups is 1. The second kappa shape index (κ2) is 5.78. The van der Waals surface area contributed by atoms with Gasteiger partial charge in [-0.05, 0) is 31.7 Å². The highest BCUT2D eigenvalue weighted by atomic mass is 16.5. The van der Waals surface area contributed by atoms with Crippen molar-refractivity contribution in [3.63, 3.8) is 0 Å². The van der Waals surface area contributed by atoms with Crippen molar-refractivity contribution in [3.8, 4) is 0 Å². The van der Waals surface area contributed by atoms with Gasteiger partial charge in [-0.15, -0.1) is 0 Å². The number of ether oxygens (including phenoxy) is 1. The monoisotopic (exact) mass is 289 g/mol. The van der Waals surface area contributed by atoms with Gasteiger partial charge in [0, 0.05) is 18.6 Å². The Morgan fingerprint density at radius 1 is 1.43 bits per heavy atom. The number of aliphatic hydroxyl groups is 1. The molecule has 114 valence electrons. The van der Waals surface area contributed by atoms with E-state index in [-0.39, 0.29) is 23.3 Å². The number of hydrogen-bond acceptors (Lipinski definition) is 3. The first-order chi connectivity index (χ1) is 10.1. The first-order valence-corrected chi connectivity index (χ1v) is 7.75. The topological polar surface area (TPSA) is 58.6 Å². The molecule has 4 nitrogen and oxygen atoms in total. The minimum atomic E-state index is -0.503. The van der Waals surface area contributed by atoms with Gasteiger partial charge in [-0.3, -0.25) is 4.79 Å². The number of amides is 1. The van der Waals surface area contributed by atoms with E-state index in [1.807, 2.05) is 37.3 Å². The van der Waals surface area contributed by atoms with Crippen LogP contribution in [0.1, 0.15) is 37.9 Å². The Balaban J connectivity index is 1.58. The average Bonchev–Trinajstić information content (AvgIpc) is 3.19. The van der Waals surface area contributed by atoms with Crippen molar-refractivity contribution in [2.45, 2.75) is 38.4 Å². The normalized spacial score (nSPS) is 28.1. The molecule has 3 unspecified atom stereocenters. The zero-order valence-corrected chi connectivity index (χ0v) is 12.4. The molecular weight excluding hydrogens is 266 g/mol. The van der Waals surface area contributed by atoms with Crippen LogP contribution in [0.5, 0.6) is 0 Å². The molecule has 0 radical (unpaired) electrons. The fraction of sp³-hybridized carbons (Fsp3) is 0.588. The first kappa shape index (κ1) is 14.5. The molecule has 1 amide bonds. The summed E-state index contributed by atoms with van der Waals surface area (Å²) >= 11 is 0. The molecule has 1 aliphatic carbocycles. The predicted molar refractivity (Wildman–Crippen MR) is 79.6 cm³/mol. The molecule has 2 N–H and O–H groups in total. The van der Waals surface area contributed by atoms with Crippen LogP contribution < -0.4 is 5.32 Å². The molecule has 1 aromatic rings. The van der Waals surface area contributed by atoms with E-state index in [0.29, 0.717) is 13.2 Å². The summed E-state index contributed by atoms with van der Waals surface area (Å²) in [7, 11) is 0. The number of nitrogens with one attached hydrogen (secondary N) is 1. The highest BCUT2D eigenvalue weighted by Gasteiger charge is 2.49. The second-order valence-electron chi connectivity index (χ2n) is 6.36. The smallest absolute Gasteiger partial charge is 0.225 e. The zero-order chi connectivity index (χ0) is 14.9. The second-order valence-corrected chi connectivity index (χ2v) is 6.36. The van der Waals surface area contributed by atoms with E-state index in [1.165, 1.54) is 0 Å². The number of rotatable bonds is 5. The van der Waals surface area contributed by atoms with E-state index in [9.17, 15) is 9.90 Å². The lowest BCUT2D eigenvalue weighted by Gasteiger charge is -2.24. The molecular formula is C17H23NO3. The first-order valence-electron chi connectivity index (χ1n) is 7.75. The minimum absolute atomic E-state index is 0.000741. The van der Waals surface area contributed by atoms with Crippen molar-refractivity contribution >= 4 is 5.91 Å². The van der Waals surface area contributed by atoms with E-state index in [1.54, 1.807) is 0 Å². The molecule has 1 saturated heterocycles. The van der Waals surface area contributed by atoms with Crippen LogP contribution in [-0.2, 0) is 9.53 Å². The number of hydrogen-bond donors (Lipinski definition) is 2. The molecule has 0 spiro atoms. The van der Waals surface area contributed by atoms with Crippen LogP contribution >= 0.6 is 0 Å². The average molecular weight is 289 g/mol. The van der Waals surface area contributed by atoms with Gasteiger partial charge in [-0.25, -0.2) is 0 Å². The molecule has 1 aliphatic heterocycles. The summed E-state index contributed by atoms with van der Waals surface area (Å²) in [5.41, 5.74) is 0.751. The molecule has 21 heavy (non-hydrogen) atoms.